The molecule has 1 unspecified atom stereocenters. The van der Waals surface area contributed by atoms with Crippen LogP contribution in [0.15, 0.2) is 22.6 Å². The molecule has 1 aliphatic rings. The van der Waals surface area contributed by atoms with Crippen molar-refractivity contribution in [3.05, 3.63) is 34.5 Å². The number of carbonyl (C=O) groups is 1. The van der Waals surface area contributed by atoms with Crippen LogP contribution >= 0.6 is 11.6 Å². The third-order valence-electron chi connectivity index (χ3n) is 4.43. The molecule has 0 radical (unpaired) electrons. The molecule has 1 saturated heterocycles. The van der Waals surface area contributed by atoms with Crippen LogP contribution in [0.4, 0.5) is 0 Å². The van der Waals surface area contributed by atoms with E-state index in [1.807, 2.05) is 17.9 Å². The molecule has 0 spiro atoms. The fourth-order valence-corrected chi connectivity index (χ4v) is 3.43. The van der Waals surface area contributed by atoms with Crippen LogP contribution in [-0.2, 0) is 0 Å². The lowest BCUT2D eigenvalue weighted by Crippen LogP contribution is -2.35. The third kappa shape index (κ3) is 2.73. The van der Waals surface area contributed by atoms with Gasteiger partial charge < -0.3 is 14.4 Å². The first-order valence-corrected chi connectivity index (χ1v) is 8.10. The van der Waals surface area contributed by atoms with E-state index in [9.17, 15) is 4.79 Å². The molecular weight excluding hydrogens is 302 g/mol. The molecule has 0 saturated carbocycles. The zero-order chi connectivity index (χ0) is 15.7. The number of furan rings is 1. The summed E-state index contributed by atoms with van der Waals surface area (Å²) in [6, 6.07) is 5.60. The lowest BCUT2D eigenvalue weighted by molar-refractivity contribution is 0.0693. The summed E-state index contributed by atoms with van der Waals surface area (Å²) in [6.45, 7) is 2.82. The van der Waals surface area contributed by atoms with Gasteiger partial charge in [0.25, 0.3) is 5.91 Å². The molecule has 1 fully saturated rings. The molecule has 2 aromatic rings. The summed E-state index contributed by atoms with van der Waals surface area (Å²) in [7, 11) is 0. The highest BCUT2D eigenvalue weighted by Crippen LogP contribution is 2.31. The Kier molecular flexibility index (Phi) is 4.41. The quantitative estimate of drug-likeness (QED) is 0.932. The van der Waals surface area contributed by atoms with Gasteiger partial charge in [0, 0.05) is 35.2 Å². The molecule has 3 rings (SSSR count). The summed E-state index contributed by atoms with van der Waals surface area (Å²) in [4.78, 5) is 14.7. The molecule has 1 aliphatic heterocycles. The second-order valence-electron chi connectivity index (χ2n) is 5.86. The Morgan fingerprint density at radius 2 is 2.32 bits per heavy atom. The summed E-state index contributed by atoms with van der Waals surface area (Å²) in [5.74, 6) is 0.360. The monoisotopic (exact) mass is 321 g/mol. The molecule has 1 atom stereocenters. The maximum absolute atomic E-state index is 12.8. The molecule has 5 heteroatoms. The first-order valence-electron chi connectivity index (χ1n) is 7.72. The zero-order valence-corrected chi connectivity index (χ0v) is 13.4. The number of halogens is 1. The number of fused-ring (bicyclic) bond motifs is 1. The van der Waals surface area contributed by atoms with Gasteiger partial charge in [-0.2, -0.15) is 0 Å². The summed E-state index contributed by atoms with van der Waals surface area (Å²) < 4.78 is 5.78. The van der Waals surface area contributed by atoms with Crippen LogP contribution in [0.2, 0.25) is 5.02 Å². The minimum absolute atomic E-state index is 0.0507. The fraction of sp³-hybridized carbons (Fsp3) is 0.471. The number of rotatable bonds is 4. The van der Waals surface area contributed by atoms with Crippen molar-refractivity contribution >= 4 is 28.5 Å². The van der Waals surface area contributed by atoms with E-state index < -0.39 is 0 Å². The number of carbonyl (C=O) groups excluding carboxylic acids is 1. The van der Waals surface area contributed by atoms with Crippen molar-refractivity contribution in [2.75, 3.05) is 13.2 Å². The number of likely N-dealkylation sites (tertiary alicyclic amines) is 1. The van der Waals surface area contributed by atoms with E-state index in [0.29, 0.717) is 16.4 Å². The first-order chi connectivity index (χ1) is 10.6. The predicted molar refractivity (Wildman–Crippen MR) is 86.3 cm³/mol. The Morgan fingerprint density at radius 3 is 3.09 bits per heavy atom. The Morgan fingerprint density at radius 1 is 1.50 bits per heavy atom. The fourth-order valence-electron chi connectivity index (χ4n) is 3.26. The number of hydrogen-bond acceptors (Lipinski definition) is 3. The zero-order valence-electron chi connectivity index (χ0n) is 12.6. The molecule has 1 amide bonds. The largest absolute Gasteiger partial charge is 0.451 e. The molecule has 2 heterocycles. The van der Waals surface area contributed by atoms with Gasteiger partial charge in [-0.15, -0.1) is 0 Å². The number of aliphatic hydroxyl groups excluding tert-OH is 1. The van der Waals surface area contributed by atoms with E-state index in [1.54, 1.807) is 12.1 Å². The molecule has 0 aliphatic carbocycles. The second-order valence-corrected chi connectivity index (χ2v) is 6.29. The minimum atomic E-state index is -0.0507. The molecule has 1 aromatic heterocycles. The number of amides is 1. The lowest BCUT2D eigenvalue weighted by Gasteiger charge is -2.23. The van der Waals surface area contributed by atoms with Gasteiger partial charge in [-0.3, -0.25) is 4.79 Å². The Bertz CT molecular complexity index is 695. The van der Waals surface area contributed by atoms with Gasteiger partial charge in [0.15, 0.2) is 5.76 Å². The number of benzene rings is 1. The molecule has 118 valence electrons. The van der Waals surface area contributed by atoms with E-state index in [2.05, 4.69) is 0 Å². The smallest absolute Gasteiger partial charge is 0.290 e. The van der Waals surface area contributed by atoms with Crippen LogP contribution < -0.4 is 0 Å². The number of aliphatic hydroxyl groups is 1. The molecule has 22 heavy (non-hydrogen) atoms. The van der Waals surface area contributed by atoms with Crippen LogP contribution in [0.5, 0.6) is 0 Å². The van der Waals surface area contributed by atoms with Crippen molar-refractivity contribution in [3.63, 3.8) is 0 Å². The molecule has 4 nitrogen and oxygen atoms in total. The minimum Gasteiger partial charge on any atom is -0.451 e. The van der Waals surface area contributed by atoms with Crippen LogP contribution in [0.3, 0.4) is 0 Å². The highest BCUT2D eigenvalue weighted by molar-refractivity contribution is 6.31. The highest BCUT2D eigenvalue weighted by atomic mass is 35.5. The molecule has 0 bridgehead atoms. The maximum Gasteiger partial charge on any atom is 0.290 e. The van der Waals surface area contributed by atoms with E-state index >= 15 is 0 Å². The topological polar surface area (TPSA) is 53.7 Å². The van der Waals surface area contributed by atoms with Gasteiger partial charge in [0.05, 0.1) is 0 Å². The van der Waals surface area contributed by atoms with Gasteiger partial charge in [0.2, 0.25) is 0 Å². The Labute approximate surface area is 134 Å². The maximum atomic E-state index is 12.8. The third-order valence-corrected chi connectivity index (χ3v) is 4.66. The summed E-state index contributed by atoms with van der Waals surface area (Å²) in [5.41, 5.74) is 1.53. The average molecular weight is 322 g/mol. The van der Waals surface area contributed by atoms with E-state index in [4.69, 9.17) is 21.1 Å². The van der Waals surface area contributed by atoms with Crippen molar-refractivity contribution in [1.29, 1.82) is 0 Å². The second kappa shape index (κ2) is 6.31. The average Bonchev–Trinajstić information content (AvgIpc) is 3.10. The number of nitrogens with zero attached hydrogens (tertiary/aromatic N) is 1. The van der Waals surface area contributed by atoms with Crippen LogP contribution in [-0.4, -0.2) is 35.1 Å². The van der Waals surface area contributed by atoms with Crippen molar-refractivity contribution in [2.45, 2.75) is 38.6 Å². The van der Waals surface area contributed by atoms with Crippen LogP contribution in [0, 0.1) is 6.92 Å². The first kappa shape index (κ1) is 15.4. The van der Waals surface area contributed by atoms with Gasteiger partial charge in [-0.1, -0.05) is 11.6 Å². The summed E-state index contributed by atoms with van der Waals surface area (Å²) in [6.07, 6.45) is 3.57. The highest BCUT2D eigenvalue weighted by Gasteiger charge is 2.32. The standard InChI is InChI=1S/C17H20ClNO3/c1-11-14-10-12(18)6-7-15(14)22-16(11)17(21)19-8-2-4-13(19)5-3-9-20/h6-7,10,13,20H,2-5,8-9H2,1H3. The van der Waals surface area contributed by atoms with Crippen molar-refractivity contribution < 1.29 is 14.3 Å². The molecular formula is C17H20ClNO3. The number of aryl methyl sites for hydroxylation is 1. The summed E-state index contributed by atoms with van der Waals surface area (Å²) in [5, 5.41) is 10.5. The van der Waals surface area contributed by atoms with Crippen molar-refractivity contribution in [3.8, 4) is 0 Å². The van der Waals surface area contributed by atoms with E-state index in [-0.39, 0.29) is 18.6 Å². The van der Waals surface area contributed by atoms with Crippen molar-refractivity contribution in [2.24, 2.45) is 0 Å². The molecule has 1 aromatic carbocycles. The Hall–Kier alpha value is -1.52. The summed E-state index contributed by atoms with van der Waals surface area (Å²) >= 11 is 6.03. The van der Waals surface area contributed by atoms with Gasteiger partial charge in [0.1, 0.15) is 5.58 Å². The molecule has 1 N–H and O–H groups in total. The van der Waals surface area contributed by atoms with E-state index in [0.717, 1.165) is 43.2 Å². The van der Waals surface area contributed by atoms with Gasteiger partial charge >= 0.3 is 0 Å². The van der Waals surface area contributed by atoms with Crippen LogP contribution in [0.1, 0.15) is 41.8 Å². The van der Waals surface area contributed by atoms with E-state index in [1.165, 1.54) is 0 Å². The van der Waals surface area contributed by atoms with Gasteiger partial charge in [-0.25, -0.2) is 0 Å². The van der Waals surface area contributed by atoms with Gasteiger partial charge in [-0.05, 0) is 50.8 Å². The lowest BCUT2D eigenvalue weighted by atomic mass is 10.1. The SMILES string of the molecule is Cc1c(C(=O)N2CCCC2CCCO)oc2ccc(Cl)cc12. The normalized spacial score (nSPS) is 18.3. The van der Waals surface area contributed by atoms with Crippen LogP contribution in [0.25, 0.3) is 11.0 Å². The number of hydrogen-bond donors (Lipinski definition) is 1. The van der Waals surface area contributed by atoms with Crippen molar-refractivity contribution in [1.82, 2.24) is 4.90 Å². The predicted octanol–water partition coefficient (Wildman–Crippen LogP) is 3.77. The Balaban J connectivity index is 1.90.